The Hall–Kier alpha value is -1.79. The normalized spacial score (nSPS) is 13.6. The lowest BCUT2D eigenvalue weighted by Crippen LogP contribution is -2.42. The van der Waals surface area contributed by atoms with E-state index in [4.69, 9.17) is 0 Å². The van der Waals surface area contributed by atoms with E-state index in [2.05, 4.69) is 10.4 Å². The van der Waals surface area contributed by atoms with Gasteiger partial charge in [0.1, 0.15) is 0 Å². The molecule has 1 atom stereocenters. The average Bonchev–Trinajstić information content (AvgIpc) is 3.00. The molecule has 2 aromatic rings. The van der Waals surface area contributed by atoms with Crippen LogP contribution in [0.2, 0.25) is 0 Å². The summed E-state index contributed by atoms with van der Waals surface area (Å²) in [6, 6.07) is 9.55. The van der Waals surface area contributed by atoms with Gasteiger partial charge in [0, 0.05) is 24.7 Å². The summed E-state index contributed by atoms with van der Waals surface area (Å²) in [4.78, 5) is 11.9. The Bertz CT molecular complexity index is 594. The highest BCUT2D eigenvalue weighted by Gasteiger charge is 2.20. The summed E-state index contributed by atoms with van der Waals surface area (Å²) in [6.07, 6.45) is 5.82. The zero-order valence-corrected chi connectivity index (χ0v) is 13.6. The fourth-order valence-electron chi connectivity index (χ4n) is 2.09. The minimum Gasteiger partial charge on any atom is -0.387 e. The van der Waals surface area contributed by atoms with Crippen molar-refractivity contribution in [2.24, 2.45) is 0 Å². The van der Waals surface area contributed by atoms with E-state index >= 15 is 0 Å². The molecule has 0 fully saturated rings. The Morgan fingerprint density at radius 1 is 1.41 bits per heavy atom. The van der Waals surface area contributed by atoms with Crippen LogP contribution in [-0.4, -0.2) is 44.9 Å². The Morgan fingerprint density at radius 3 is 2.73 bits per heavy atom. The van der Waals surface area contributed by atoms with E-state index < -0.39 is 5.60 Å². The van der Waals surface area contributed by atoms with Crippen molar-refractivity contribution in [2.75, 3.05) is 18.6 Å². The van der Waals surface area contributed by atoms with Gasteiger partial charge < -0.3 is 10.4 Å². The van der Waals surface area contributed by atoms with Crippen LogP contribution in [0.25, 0.3) is 5.69 Å². The maximum atomic E-state index is 11.9. The summed E-state index contributed by atoms with van der Waals surface area (Å²) in [7, 11) is 0. The van der Waals surface area contributed by atoms with Crippen LogP contribution < -0.4 is 5.32 Å². The molecule has 0 bridgehead atoms. The third kappa shape index (κ3) is 4.89. The number of thioether (sulfide) groups is 1. The fourth-order valence-corrected chi connectivity index (χ4v) is 2.81. The number of aromatic nitrogens is 2. The number of aliphatic hydroxyl groups is 1. The average molecular weight is 319 g/mol. The van der Waals surface area contributed by atoms with Crippen molar-refractivity contribution >= 4 is 17.7 Å². The molecule has 2 rings (SSSR count). The molecule has 118 valence electrons. The lowest BCUT2D eigenvalue weighted by Gasteiger charge is -2.22. The Kier molecular flexibility index (Phi) is 5.63. The van der Waals surface area contributed by atoms with Crippen molar-refractivity contribution in [2.45, 2.75) is 18.9 Å². The molecular weight excluding hydrogens is 298 g/mol. The number of hydrogen-bond donors (Lipinski definition) is 2. The van der Waals surface area contributed by atoms with Crippen LogP contribution in [0, 0.1) is 0 Å². The van der Waals surface area contributed by atoms with Crippen molar-refractivity contribution in [3.63, 3.8) is 0 Å². The van der Waals surface area contributed by atoms with Gasteiger partial charge in [-0.3, -0.25) is 4.79 Å². The van der Waals surface area contributed by atoms with Crippen molar-refractivity contribution in [1.82, 2.24) is 15.1 Å². The fraction of sp³-hybridized carbons (Fsp3) is 0.375. The minimum absolute atomic E-state index is 0.0896. The first-order valence-electron chi connectivity index (χ1n) is 7.07. The summed E-state index contributed by atoms with van der Waals surface area (Å²) in [5.74, 6) is 0.500. The second-order valence-corrected chi connectivity index (χ2v) is 6.37. The molecule has 6 heteroatoms. The highest BCUT2D eigenvalue weighted by Crippen LogP contribution is 2.11. The maximum absolute atomic E-state index is 11.9. The molecule has 5 nitrogen and oxygen atoms in total. The zero-order valence-electron chi connectivity index (χ0n) is 12.8. The van der Waals surface area contributed by atoms with Gasteiger partial charge in [0.05, 0.1) is 17.7 Å². The number of carbonyl (C=O) groups excluding carboxylic acids is 1. The molecule has 0 aliphatic heterocycles. The molecule has 1 aromatic carbocycles. The molecule has 0 saturated carbocycles. The van der Waals surface area contributed by atoms with E-state index in [1.54, 1.807) is 29.6 Å². The van der Waals surface area contributed by atoms with Crippen molar-refractivity contribution in [3.8, 4) is 5.69 Å². The van der Waals surface area contributed by atoms with Crippen LogP contribution in [0.15, 0.2) is 42.7 Å². The van der Waals surface area contributed by atoms with Crippen molar-refractivity contribution in [1.29, 1.82) is 0 Å². The summed E-state index contributed by atoms with van der Waals surface area (Å²) in [6.45, 7) is 1.99. The highest BCUT2D eigenvalue weighted by molar-refractivity contribution is 7.98. The van der Waals surface area contributed by atoms with Gasteiger partial charge in [-0.15, -0.1) is 0 Å². The first-order chi connectivity index (χ1) is 10.5. The minimum atomic E-state index is -0.876. The monoisotopic (exact) mass is 319 g/mol. The lowest BCUT2D eigenvalue weighted by atomic mass is 10.1. The third-order valence-electron chi connectivity index (χ3n) is 3.19. The van der Waals surface area contributed by atoms with Crippen LogP contribution in [0.5, 0.6) is 0 Å². The number of rotatable bonds is 7. The van der Waals surface area contributed by atoms with Gasteiger partial charge in [0.15, 0.2) is 0 Å². The number of hydrogen-bond acceptors (Lipinski definition) is 4. The number of nitrogens with one attached hydrogen (secondary N) is 1. The smallest absolute Gasteiger partial charge is 0.224 e. The SMILES string of the molecule is CSCC(C)(O)CNC(=O)Cc1ccc(-n2cccn2)cc1. The second kappa shape index (κ2) is 7.47. The Morgan fingerprint density at radius 2 is 2.14 bits per heavy atom. The van der Waals surface area contributed by atoms with Crippen LogP contribution in [0.4, 0.5) is 0 Å². The second-order valence-electron chi connectivity index (χ2n) is 5.50. The first-order valence-corrected chi connectivity index (χ1v) is 8.46. The van der Waals surface area contributed by atoms with Gasteiger partial charge in [0.2, 0.25) is 5.91 Å². The summed E-state index contributed by atoms with van der Waals surface area (Å²) in [5, 5.41) is 17.0. The first kappa shape index (κ1) is 16.6. The quantitative estimate of drug-likeness (QED) is 0.814. The molecule has 1 heterocycles. The number of carbonyl (C=O) groups is 1. The molecule has 1 amide bonds. The van der Waals surface area contributed by atoms with Gasteiger partial charge in [-0.2, -0.15) is 16.9 Å². The topological polar surface area (TPSA) is 67.2 Å². The molecular formula is C16H21N3O2S. The highest BCUT2D eigenvalue weighted by atomic mass is 32.2. The molecule has 22 heavy (non-hydrogen) atoms. The van der Waals surface area contributed by atoms with Gasteiger partial charge in [-0.25, -0.2) is 4.68 Å². The molecule has 0 saturated heterocycles. The van der Waals surface area contributed by atoms with E-state index in [1.807, 2.05) is 42.8 Å². The third-order valence-corrected chi connectivity index (χ3v) is 4.10. The zero-order chi connectivity index (χ0) is 16.0. The molecule has 0 radical (unpaired) electrons. The van der Waals surface area contributed by atoms with Crippen LogP contribution in [0.3, 0.4) is 0 Å². The van der Waals surface area contributed by atoms with Crippen molar-refractivity contribution in [3.05, 3.63) is 48.3 Å². The van der Waals surface area contributed by atoms with E-state index in [0.29, 0.717) is 12.2 Å². The summed E-state index contributed by atoms with van der Waals surface area (Å²) in [5.41, 5.74) is 1.01. The molecule has 0 spiro atoms. The maximum Gasteiger partial charge on any atom is 0.224 e. The standard InChI is InChI=1S/C16H21N3O2S/c1-16(21,12-22-2)11-17-15(20)10-13-4-6-14(7-5-13)19-9-3-8-18-19/h3-9,21H,10-12H2,1-2H3,(H,17,20). The number of benzene rings is 1. The molecule has 0 aliphatic rings. The van der Waals surface area contributed by atoms with Gasteiger partial charge >= 0.3 is 0 Å². The molecule has 1 unspecified atom stereocenters. The number of amides is 1. The van der Waals surface area contributed by atoms with E-state index in [1.165, 1.54) is 0 Å². The van der Waals surface area contributed by atoms with E-state index in [0.717, 1.165) is 11.3 Å². The van der Waals surface area contributed by atoms with Gasteiger partial charge in [-0.1, -0.05) is 12.1 Å². The Labute approximate surface area is 134 Å². The summed E-state index contributed by atoms with van der Waals surface area (Å²) >= 11 is 1.55. The van der Waals surface area contributed by atoms with Gasteiger partial charge in [0.25, 0.3) is 0 Å². The molecule has 2 N–H and O–H groups in total. The predicted molar refractivity (Wildman–Crippen MR) is 89.3 cm³/mol. The van der Waals surface area contributed by atoms with Crippen LogP contribution in [0.1, 0.15) is 12.5 Å². The Balaban J connectivity index is 1.87. The molecule has 1 aromatic heterocycles. The van der Waals surface area contributed by atoms with Crippen molar-refractivity contribution < 1.29 is 9.90 Å². The molecule has 0 aliphatic carbocycles. The lowest BCUT2D eigenvalue weighted by molar-refractivity contribution is -0.121. The van der Waals surface area contributed by atoms with Crippen LogP contribution in [-0.2, 0) is 11.2 Å². The predicted octanol–water partition coefficient (Wildman–Crippen LogP) is 1.64. The van der Waals surface area contributed by atoms with Gasteiger partial charge in [-0.05, 0) is 36.9 Å². The van der Waals surface area contributed by atoms with E-state index in [9.17, 15) is 9.90 Å². The number of nitrogens with zero attached hydrogens (tertiary/aromatic N) is 2. The largest absolute Gasteiger partial charge is 0.387 e. The van der Waals surface area contributed by atoms with Crippen LogP contribution >= 0.6 is 11.8 Å². The van der Waals surface area contributed by atoms with E-state index in [-0.39, 0.29) is 12.5 Å². The summed E-state index contributed by atoms with van der Waals surface area (Å²) < 4.78 is 1.77.